The lowest BCUT2D eigenvalue weighted by Crippen LogP contribution is -2.55. The molecule has 0 saturated heterocycles. The number of hydrogen-bond acceptors (Lipinski definition) is 3. The summed E-state index contributed by atoms with van der Waals surface area (Å²) in [5, 5.41) is 3.00. The summed E-state index contributed by atoms with van der Waals surface area (Å²) in [5.41, 5.74) is 5.39. The number of nitrogens with one attached hydrogen (secondary N) is 1. The van der Waals surface area contributed by atoms with Crippen LogP contribution in [0.4, 0.5) is 0 Å². The van der Waals surface area contributed by atoms with Gasteiger partial charge < -0.3 is 15.8 Å². The van der Waals surface area contributed by atoms with E-state index in [0.717, 1.165) is 6.42 Å². The van der Waals surface area contributed by atoms with Gasteiger partial charge in [-0.2, -0.15) is 0 Å². The van der Waals surface area contributed by atoms with E-state index >= 15 is 0 Å². The Morgan fingerprint density at radius 2 is 2.00 bits per heavy atom. The van der Waals surface area contributed by atoms with Crippen molar-refractivity contribution in [2.45, 2.75) is 52.2 Å². The fourth-order valence-electron chi connectivity index (χ4n) is 1.26. The molecule has 96 valence electrons. The minimum absolute atomic E-state index is 0.0468. The Hall–Kier alpha value is -0.610. The molecule has 0 aliphatic carbocycles. The van der Waals surface area contributed by atoms with E-state index < -0.39 is 0 Å². The molecule has 0 rings (SSSR count). The lowest BCUT2D eigenvalue weighted by atomic mass is 9.88. The first-order valence-corrected chi connectivity index (χ1v) is 5.89. The van der Waals surface area contributed by atoms with Gasteiger partial charge in [0.05, 0.1) is 11.6 Å². The van der Waals surface area contributed by atoms with Crippen LogP contribution in [0.25, 0.3) is 0 Å². The summed E-state index contributed by atoms with van der Waals surface area (Å²) in [6.07, 6.45) is 1.34. The second kappa shape index (κ2) is 6.86. The van der Waals surface area contributed by atoms with Crippen LogP contribution < -0.4 is 11.1 Å². The first-order valence-electron chi connectivity index (χ1n) is 5.89. The second-order valence-electron chi connectivity index (χ2n) is 4.91. The Labute approximate surface area is 98.9 Å². The van der Waals surface area contributed by atoms with Crippen LogP contribution in [0.1, 0.15) is 40.5 Å². The van der Waals surface area contributed by atoms with Gasteiger partial charge in [-0.3, -0.25) is 4.79 Å². The van der Waals surface area contributed by atoms with Crippen LogP contribution in [0.15, 0.2) is 0 Å². The molecule has 0 aromatic carbocycles. The first kappa shape index (κ1) is 15.4. The Balaban J connectivity index is 4.12. The summed E-state index contributed by atoms with van der Waals surface area (Å²) in [6, 6.07) is 0. The monoisotopic (exact) mass is 230 g/mol. The van der Waals surface area contributed by atoms with Crippen molar-refractivity contribution in [2.24, 2.45) is 11.7 Å². The van der Waals surface area contributed by atoms with Gasteiger partial charge in [0.1, 0.15) is 0 Å². The van der Waals surface area contributed by atoms with Crippen LogP contribution in [0.5, 0.6) is 0 Å². The molecule has 1 amide bonds. The molecule has 0 aliphatic rings. The third kappa shape index (κ3) is 4.94. The van der Waals surface area contributed by atoms with Gasteiger partial charge in [-0.25, -0.2) is 0 Å². The highest BCUT2D eigenvalue weighted by Crippen LogP contribution is 2.15. The van der Waals surface area contributed by atoms with Crippen LogP contribution in [-0.4, -0.2) is 31.2 Å². The van der Waals surface area contributed by atoms with Gasteiger partial charge >= 0.3 is 0 Å². The average Bonchev–Trinajstić information content (AvgIpc) is 2.25. The third-order valence-corrected chi connectivity index (χ3v) is 3.30. The summed E-state index contributed by atoms with van der Waals surface area (Å²) in [6.45, 7) is 8.51. The summed E-state index contributed by atoms with van der Waals surface area (Å²) in [5.74, 6) is 0.367. The number of hydrogen-bond donors (Lipinski definition) is 2. The Morgan fingerprint density at radius 3 is 2.38 bits per heavy atom. The molecule has 0 aromatic rings. The summed E-state index contributed by atoms with van der Waals surface area (Å²) >= 11 is 0. The van der Waals surface area contributed by atoms with E-state index in [9.17, 15) is 4.79 Å². The van der Waals surface area contributed by atoms with Crippen molar-refractivity contribution < 1.29 is 9.53 Å². The van der Waals surface area contributed by atoms with Crippen LogP contribution >= 0.6 is 0 Å². The van der Waals surface area contributed by atoms with Crippen molar-refractivity contribution in [1.82, 2.24) is 5.32 Å². The van der Waals surface area contributed by atoms with E-state index in [0.29, 0.717) is 18.9 Å². The highest BCUT2D eigenvalue weighted by atomic mass is 16.5. The second-order valence-corrected chi connectivity index (χ2v) is 4.91. The number of methoxy groups -OCH3 is 1. The minimum atomic E-state index is -0.312. The van der Waals surface area contributed by atoms with Crippen molar-refractivity contribution in [2.75, 3.05) is 13.7 Å². The normalized spacial score (nSPS) is 16.9. The fraction of sp³-hybridized carbons (Fsp3) is 0.917. The molecule has 0 bridgehead atoms. The molecule has 2 unspecified atom stereocenters. The van der Waals surface area contributed by atoms with Gasteiger partial charge in [-0.05, 0) is 26.2 Å². The minimum Gasteiger partial charge on any atom is -0.382 e. The third-order valence-electron chi connectivity index (χ3n) is 3.30. The molecular weight excluding hydrogens is 204 g/mol. The standard InChI is InChI=1S/C12H26N2O2/c1-9(2)12(4,8-13)14-11(15)7-6-10(3)16-5/h9-10H,6-8,13H2,1-5H3,(H,14,15). The van der Waals surface area contributed by atoms with Crippen molar-refractivity contribution in [1.29, 1.82) is 0 Å². The molecule has 0 aromatic heterocycles. The molecule has 4 nitrogen and oxygen atoms in total. The van der Waals surface area contributed by atoms with Gasteiger partial charge in [-0.15, -0.1) is 0 Å². The summed E-state index contributed by atoms with van der Waals surface area (Å²) < 4.78 is 5.10. The molecule has 0 spiro atoms. The highest BCUT2D eigenvalue weighted by Gasteiger charge is 2.28. The molecular formula is C12H26N2O2. The zero-order valence-corrected chi connectivity index (χ0v) is 11.2. The van der Waals surface area contributed by atoms with Gasteiger partial charge in [0.25, 0.3) is 0 Å². The lowest BCUT2D eigenvalue weighted by Gasteiger charge is -2.33. The van der Waals surface area contributed by atoms with Crippen molar-refractivity contribution >= 4 is 5.91 Å². The quantitative estimate of drug-likeness (QED) is 0.692. The van der Waals surface area contributed by atoms with Crippen LogP contribution in [0.3, 0.4) is 0 Å². The summed E-state index contributed by atoms with van der Waals surface area (Å²) in [4.78, 5) is 11.7. The molecule has 4 heteroatoms. The largest absolute Gasteiger partial charge is 0.382 e. The predicted molar refractivity (Wildman–Crippen MR) is 66.1 cm³/mol. The number of rotatable bonds is 7. The topological polar surface area (TPSA) is 64.3 Å². The van der Waals surface area contributed by atoms with Crippen LogP contribution in [0.2, 0.25) is 0 Å². The van der Waals surface area contributed by atoms with E-state index in [1.807, 2.05) is 13.8 Å². The van der Waals surface area contributed by atoms with Crippen molar-refractivity contribution in [3.8, 4) is 0 Å². The van der Waals surface area contributed by atoms with E-state index in [4.69, 9.17) is 10.5 Å². The van der Waals surface area contributed by atoms with E-state index in [-0.39, 0.29) is 17.6 Å². The number of nitrogens with two attached hydrogens (primary N) is 1. The maximum absolute atomic E-state index is 11.7. The van der Waals surface area contributed by atoms with E-state index in [1.165, 1.54) is 0 Å². The molecule has 0 fully saturated rings. The van der Waals surface area contributed by atoms with Crippen molar-refractivity contribution in [3.05, 3.63) is 0 Å². The number of amides is 1. The van der Waals surface area contributed by atoms with E-state index in [2.05, 4.69) is 19.2 Å². The van der Waals surface area contributed by atoms with Gasteiger partial charge in [0.2, 0.25) is 5.91 Å². The maximum atomic E-state index is 11.7. The number of carbonyl (C=O) groups is 1. The number of ether oxygens (including phenoxy) is 1. The Morgan fingerprint density at radius 1 is 1.44 bits per heavy atom. The molecule has 0 radical (unpaired) electrons. The smallest absolute Gasteiger partial charge is 0.220 e. The first-order chi connectivity index (χ1) is 7.35. The zero-order chi connectivity index (χ0) is 12.8. The molecule has 0 heterocycles. The Kier molecular flexibility index (Phi) is 6.60. The summed E-state index contributed by atoms with van der Waals surface area (Å²) in [7, 11) is 1.65. The average molecular weight is 230 g/mol. The number of carbonyl (C=O) groups excluding carboxylic acids is 1. The molecule has 0 saturated carbocycles. The molecule has 2 atom stereocenters. The van der Waals surface area contributed by atoms with Gasteiger partial charge in [0.15, 0.2) is 0 Å². The Bertz CT molecular complexity index is 219. The predicted octanol–water partition coefficient (Wildman–Crippen LogP) is 1.29. The molecule has 3 N–H and O–H groups in total. The zero-order valence-electron chi connectivity index (χ0n) is 11.2. The van der Waals surface area contributed by atoms with Gasteiger partial charge in [0, 0.05) is 20.1 Å². The van der Waals surface area contributed by atoms with Crippen LogP contribution in [-0.2, 0) is 9.53 Å². The fourth-order valence-corrected chi connectivity index (χ4v) is 1.26. The molecule has 0 aliphatic heterocycles. The maximum Gasteiger partial charge on any atom is 0.220 e. The molecule has 16 heavy (non-hydrogen) atoms. The van der Waals surface area contributed by atoms with E-state index in [1.54, 1.807) is 7.11 Å². The SMILES string of the molecule is COC(C)CCC(=O)NC(C)(CN)C(C)C. The van der Waals surface area contributed by atoms with Gasteiger partial charge in [-0.1, -0.05) is 13.8 Å². The van der Waals surface area contributed by atoms with Crippen LogP contribution in [0, 0.1) is 5.92 Å². The van der Waals surface area contributed by atoms with Crippen molar-refractivity contribution in [3.63, 3.8) is 0 Å². The highest BCUT2D eigenvalue weighted by molar-refractivity contribution is 5.76. The lowest BCUT2D eigenvalue weighted by molar-refractivity contribution is -0.123.